The summed E-state index contributed by atoms with van der Waals surface area (Å²) in [6, 6.07) is 6.79. The van der Waals surface area contributed by atoms with Gasteiger partial charge in [-0.25, -0.2) is 0 Å². The van der Waals surface area contributed by atoms with E-state index < -0.39 is 6.04 Å². The predicted molar refractivity (Wildman–Crippen MR) is 75.5 cm³/mol. The third-order valence-corrected chi connectivity index (χ3v) is 3.32. The number of hydrogen-bond donors (Lipinski definition) is 1. The number of ether oxygens (including phenoxy) is 1. The highest BCUT2D eigenvalue weighted by atomic mass is 16.5. The van der Waals surface area contributed by atoms with Crippen molar-refractivity contribution in [3.05, 3.63) is 35.4 Å². The number of carbonyl (C=O) groups is 2. The molecule has 0 radical (unpaired) electrons. The summed E-state index contributed by atoms with van der Waals surface area (Å²) in [4.78, 5) is 26.0. The highest BCUT2D eigenvalue weighted by Gasteiger charge is 2.23. The number of amides is 2. The van der Waals surface area contributed by atoms with E-state index in [-0.39, 0.29) is 11.8 Å². The van der Waals surface area contributed by atoms with Crippen molar-refractivity contribution in [2.75, 3.05) is 26.3 Å². The van der Waals surface area contributed by atoms with E-state index in [2.05, 4.69) is 5.32 Å². The van der Waals surface area contributed by atoms with Crippen LogP contribution in [0.15, 0.2) is 24.3 Å². The molecule has 20 heavy (non-hydrogen) atoms. The monoisotopic (exact) mass is 276 g/mol. The van der Waals surface area contributed by atoms with Gasteiger partial charge >= 0.3 is 0 Å². The lowest BCUT2D eigenvalue weighted by Gasteiger charge is -2.29. The van der Waals surface area contributed by atoms with Crippen molar-refractivity contribution >= 4 is 11.8 Å². The van der Waals surface area contributed by atoms with E-state index in [0.717, 1.165) is 5.56 Å². The Kier molecular flexibility index (Phi) is 4.74. The molecule has 0 aliphatic carbocycles. The quantitative estimate of drug-likeness (QED) is 0.895. The Hall–Kier alpha value is -1.88. The molecule has 2 rings (SSSR count). The van der Waals surface area contributed by atoms with Gasteiger partial charge in [-0.05, 0) is 26.0 Å². The minimum absolute atomic E-state index is 0.0608. The first-order valence-corrected chi connectivity index (χ1v) is 6.82. The van der Waals surface area contributed by atoms with Crippen LogP contribution in [0.1, 0.15) is 22.8 Å². The molecule has 1 fully saturated rings. The lowest BCUT2D eigenvalue weighted by Crippen LogP contribution is -2.50. The van der Waals surface area contributed by atoms with Crippen LogP contribution in [-0.4, -0.2) is 49.1 Å². The Morgan fingerprint density at radius 2 is 2.00 bits per heavy atom. The summed E-state index contributed by atoms with van der Waals surface area (Å²) in [6.45, 7) is 5.94. The molecule has 5 nitrogen and oxygen atoms in total. The van der Waals surface area contributed by atoms with Gasteiger partial charge in [-0.15, -0.1) is 0 Å². The summed E-state index contributed by atoms with van der Waals surface area (Å²) in [5, 5.41) is 2.75. The Bertz CT molecular complexity index is 496. The van der Waals surface area contributed by atoms with Crippen molar-refractivity contribution in [1.82, 2.24) is 10.2 Å². The number of hydrogen-bond acceptors (Lipinski definition) is 3. The molecule has 1 atom stereocenters. The van der Waals surface area contributed by atoms with Crippen LogP contribution in [0, 0.1) is 6.92 Å². The Morgan fingerprint density at radius 1 is 1.30 bits per heavy atom. The average molecular weight is 276 g/mol. The minimum atomic E-state index is -0.527. The second-order valence-corrected chi connectivity index (χ2v) is 5.00. The fourth-order valence-corrected chi connectivity index (χ4v) is 2.19. The molecule has 5 heteroatoms. The molecule has 1 aliphatic heterocycles. The number of nitrogens with zero attached hydrogens (tertiary/aromatic N) is 1. The highest BCUT2D eigenvalue weighted by molar-refractivity contribution is 5.97. The lowest BCUT2D eigenvalue weighted by atomic mass is 10.1. The number of carbonyl (C=O) groups excluding carboxylic acids is 2. The van der Waals surface area contributed by atoms with Gasteiger partial charge in [-0.2, -0.15) is 0 Å². The molecule has 1 aromatic carbocycles. The molecule has 1 unspecified atom stereocenters. The summed E-state index contributed by atoms with van der Waals surface area (Å²) < 4.78 is 5.21. The lowest BCUT2D eigenvalue weighted by molar-refractivity contribution is -0.136. The molecule has 1 heterocycles. The maximum absolute atomic E-state index is 12.2. The third kappa shape index (κ3) is 3.57. The molecule has 2 amide bonds. The van der Waals surface area contributed by atoms with Crippen molar-refractivity contribution in [3.63, 3.8) is 0 Å². The van der Waals surface area contributed by atoms with Crippen LogP contribution in [0.5, 0.6) is 0 Å². The molecular formula is C15H20N2O3. The second-order valence-electron chi connectivity index (χ2n) is 5.00. The fraction of sp³-hybridized carbons (Fsp3) is 0.467. The smallest absolute Gasteiger partial charge is 0.251 e. The Balaban J connectivity index is 1.94. The molecule has 108 valence electrons. The predicted octanol–water partition coefficient (Wildman–Crippen LogP) is 0.972. The number of aryl methyl sites for hydroxylation is 1. The number of nitrogens with one attached hydrogen (secondary N) is 1. The van der Waals surface area contributed by atoms with Crippen molar-refractivity contribution in [3.8, 4) is 0 Å². The van der Waals surface area contributed by atoms with Crippen LogP contribution >= 0.6 is 0 Å². The first kappa shape index (κ1) is 14.5. The van der Waals surface area contributed by atoms with Crippen molar-refractivity contribution in [2.45, 2.75) is 19.9 Å². The first-order chi connectivity index (χ1) is 9.58. The highest BCUT2D eigenvalue weighted by Crippen LogP contribution is 2.05. The number of morpholine rings is 1. The van der Waals surface area contributed by atoms with Gasteiger partial charge in [-0.3, -0.25) is 9.59 Å². The molecule has 0 saturated carbocycles. The second kappa shape index (κ2) is 6.52. The molecule has 1 N–H and O–H groups in total. The van der Waals surface area contributed by atoms with E-state index in [9.17, 15) is 9.59 Å². The molecule has 0 aromatic heterocycles. The van der Waals surface area contributed by atoms with Gasteiger partial charge < -0.3 is 15.0 Å². The molecule has 0 spiro atoms. The zero-order valence-corrected chi connectivity index (χ0v) is 11.9. The molecular weight excluding hydrogens is 256 g/mol. The van der Waals surface area contributed by atoms with E-state index in [4.69, 9.17) is 4.74 Å². The molecule has 1 aromatic rings. The maximum Gasteiger partial charge on any atom is 0.251 e. The van der Waals surface area contributed by atoms with Crippen molar-refractivity contribution in [1.29, 1.82) is 0 Å². The normalized spacial score (nSPS) is 16.6. The van der Waals surface area contributed by atoms with Gasteiger partial charge in [-0.1, -0.05) is 17.7 Å². The summed E-state index contributed by atoms with van der Waals surface area (Å²) in [5.41, 5.74) is 1.59. The van der Waals surface area contributed by atoms with Gasteiger partial charge in [0.05, 0.1) is 13.2 Å². The first-order valence-electron chi connectivity index (χ1n) is 6.82. The zero-order chi connectivity index (χ0) is 14.5. The molecule has 0 bridgehead atoms. The number of rotatable bonds is 3. The number of benzene rings is 1. The Morgan fingerprint density at radius 3 is 2.65 bits per heavy atom. The van der Waals surface area contributed by atoms with Gasteiger partial charge in [0.1, 0.15) is 6.04 Å². The fourth-order valence-electron chi connectivity index (χ4n) is 2.19. The summed E-state index contributed by atoms with van der Waals surface area (Å²) in [5.74, 6) is -0.280. The zero-order valence-electron chi connectivity index (χ0n) is 11.9. The summed E-state index contributed by atoms with van der Waals surface area (Å²) in [6.07, 6.45) is 0. The molecule has 1 saturated heterocycles. The van der Waals surface area contributed by atoms with E-state index in [1.807, 2.05) is 19.1 Å². The van der Waals surface area contributed by atoms with Crippen LogP contribution in [-0.2, 0) is 9.53 Å². The van der Waals surface area contributed by atoms with Gasteiger partial charge in [0, 0.05) is 18.7 Å². The van der Waals surface area contributed by atoms with Gasteiger partial charge in [0.25, 0.3) is 5.91 Å². The van der Waals surface area contributed by atoms with Gasteiger partial charge in [0.15, 0.2) is 0 Å². The van der Waals surface area contributed by atoms with Crippen LogP contribution < -0.4 is 5.32 Å². The third-order valence-electron chi connectivity index (χ3n) is 3.32. The van der Waals surface area contributed by atoms with Gasteiger partial charge in [0.2, 0.25) is 5.91 Å². The van der Waals surface area contributed by atoms with Crippen LogP contribution in [0.3, 0.4) is 0 Å². The maximum atomic E-state index is 12.2. The van der Waals surface area contributed by atoms with Crippen LogP contribution in [0.25, 0.3) is 0 Å². The molecule has 1 aliphatic rings. The summed E-state index contributed by atoms with van der Waals surface area (Å²) >= 11 is 0. The average Bonchev–Trinajstić information content (AvgIpc) is 2.47. The standard InChI is InChI=1S/C15H20N2O3/c1-11-4-3-5-13(10-11)14(18)16-12(2)15(19)17-6-8-20-9-7-17/h3-5,10,12H,6-9H2,1-2H3,(H,16,18). The summed E-state index contributed by atoms with van der Waals surface area (Å²) in [7, 11) is 0. The topological polar surface area (TPSA) is 58.6 Å². The largest absolute Gasteiger partial charge is 0.378 e. The van der Waals surface area contributed by atoms with Crippen LogP contribution in [0.4, 0.5) is 0 Å². The van der Waals surface area contributed by atoms with Crippen LogP contribution in [0.2, 0.25) is 0 Å². The van der Waals surface area contributed by atoms with E-state index in [1.165, 1.54) is 0 Å². The van der Waals surface area contributed by atoms with E-state index >= 15 is 0 Å². The Labute approximate surface area is 118 Å². The van der Waals surface area contributed by atoms with Crippen molar-refractivity contribution in [2.24, 2.45) is 0 Å². The van der Waals surface area contributed by atoms with E-state index in [1.54, 1.807) is 24.0 Å². The van der Waals surface area contributed by atoms with Crippen molar-refractivity contribution < 1.29 is 14.3 Å². The minimum Gasteiger partial charge on any atom is -0.378 e. The SMILES string of the molecule is Cc1cccc(C(=O)NC(C)C(=O)N2CCOCC2)c1. The van der Waals surface area contributed by atoms with E-state index in [0.29, 0.717) is 31.9 Å².